The molecule has 0 saturated carbocycles. The fourth-order valence-electron chi connectivity index (χ4n) is 1.52. The number of hydrogen-bond acceptors (Lipinski definition) is 5. The minimum atomic E-state index is -3.85. The van der Waals surface area contributed by atoms with Crippen LogP contribution in [0.2, 0.25) is 0 Å². The van der Waals surface area contributed by atoms with Gasteiger partial charge >= 0.3 is 5.97 Å². The molecule has 0 bridgehead atoms. The number of carbonyl (C=O) groups excluding carboxylic acids is 1. The van der Waals surface area contributed by atoms with E-state index in [1.165, 1.54) is 10.9 Å². The summed E-state index contributed by atoms with van der Waals surface area (Å²) in [6.45, 7) is 2.73. The molecule has 0 radical (unpaired) electrons. The van der Waals surface area contributed by atoms with E-state index in [9.17, 15) is 18.0 Å². The van der Waals surface area contributed by atoms with Crippen LogP contribution in [0.15, 0.2) is 17.3 Å². The van der Waals surface area contributed by atoms with Crippen LogP contribution in [-0.2, 0) is 26.7 Å². The van der Waals surface area contributed by atoms with Gasteiger partial charge in [0.25, 0.3) is 0 Å². The van der Waals surface area contributed by atoms with Crippen LogP contribution in [0.3, 0.4) is 0 Å². The molecule has 10 heteroatoms. The second-order valence-electron chi connectivity index (χ2n) is 4.80. The van der Waals surface area contributed by atoms with E-state index < -0.39 is 34.5 Å². The van der Waals surface area contributed by atoms with Gasteiger partial charge in [0.2, 0.25) is 15.9 Å². The Balaban J connectivity index is 2.62. The van der Waals surface area contributed by atoms with Crippen molar-refractivity contribution in [3.05, 3.63) is 12.4 Å². The number of carboxylic acids is 1. The number of nitrogens with zero attached hydrogens (tertiary/aromatic N) is 2. The standard InChI is InChI=1S/C11H18N4O5S/c1-7(2)10(11(17)18)14-9(16)5-13-21(19,20)8-4-12-15(3)6-8/h4,6-7,10,13H,5H2,1-3H3,(H,14,16)(H,17,18)/t10-/m0/s1. The highest BCUT2D eigenvalue weighted by atomic mass is 32.2. The molecule has 0 unspecified atom stereocenters. The van der Waals surface area contributed by atoms with Crippen LogP contribution < -0.4 is 10.0 Å². The Morgan fingerprint density at radius 2 is 2.05 bits per heavy atom. The van der Waals surface area contributed by atoms with Crippen molar-refractivity contribution in [2.45, 2.75) is 24.8 Å². The van der Waals surface area contributed by atoms with Crippen molar-refractivity contribution in [2.24, 2.45) is 13.0 Å². The quantitative estimate of drug-likeness (QED) is 0.586. The Morgan fingerprint density at radius 3 is 2.48 bits per heavy atom. The predicted octanol–water partition coefficient (Wildman–Crippen LogP) is -1.08. The van der Waals surface area contributed by atoms with Crippen LogP contribution in [0.1, 0.15) is 13.8 Å². The predicted molar refractivity (Wildman–Crippen MR) is 72.8 cm³/mol. The first kappa shape index (κ1) is 17.1. The largest absolute Gasteiger partial charge is 0.480 e. The topological polar surface area (TPSA) is 130 Å². The van der Waals surface area contributed by atoms with E-state index in [1.54, 1.807) is 20.9 Å². The Hall–Kier alpha value is -1.94. The monoisotopic (exact) mass is 318 g/mol. The van der Waals surface area contributed by atoms with Gasteiger partial charge in [-0.15, -0.1) is 0 Å². The van der Waals surface area contributed by atoms with Gasteiger partial charge in [0, 0.05) is 13.2 Å². The molecule has 0 aliphatic heterocycles. The van der Waals surface area contributed by atoms with Crippen LogP contribution in [0, 0.1) is 5.92 Å². The highest BCUT2D eigenvalue weighted by Gasteiger charge is 2.24. The Kier molecular flexibility index (Phi) is 5.44. The molecule has 1 amide bonds. The molecule has 1 aromatic rings. The Bertz CT molecular complexity index is 622. The normalized spacial score (nSPS) is 13.1. The van der Waals surface area contributed by atoms with Crippen molar-refractivity contribution < 1.29 is 23.1 Å². The lowest BCUT2D eigenvalue weighted by Crippen LogP contribution is -2.47. The van der Waals surface area contributed by atoms with Crippen LogP contribution in [0.25, 0.3) is 0 Å². The number of nitrogens with one attached hydrogen (secondary N) is 2. The minimum Gasteiger partial charge on any atom is -0.480 e. The van der Waals surface area contributed by atoms with E-state index >= 15 is 0 Å². The number of hydrogen-bond donors (Lipinski definition) is 3. The van der Waals surface area contributed by atoms with Crippen molar-refractivity contribution in [3.8, 4) is 0 Å². The van der Waals surface area contributed by atoms with E-state index in [2.05, 4.69) is 15.1 Å². The fourth-order valence-corrected chi connectivity index (χ4v) is 2.48. The number of sulfonamides is 1. The number of carbonyl (C=O) groups is 2. The summed E-state index contributed by atoms with van der Waals surface area (Å²) in [7, 11) is -2.29. The summed E-state index contributed by atoms with van der Waals surface area (Å²) in [5, 5.41) is 14.9. The van der Waals surface area contributed by atoms with E-state index in [4.69, 9.17) is 5.11 Å². The van der Waals surface area contributed by atoms with Gasteiger partial charge < -0.3 is 10.4 Å². The number of amides is 1. The van der Waals surface area contributed by atoms with Gasteiger partial charge in [0.05, 0.1) is 12.7 Å². The van der Waals surface area contributed by atoms with Gasteiger partial charge in [-0.2, -0.15) is 5.10 Å². The lowest BCUT2D eigenvalue weighted by molar-refractivity contribution is -0.142. The average Bonchev–Trinajstić information content (AvgIpc) is 2.80. The lowest BCUT2D eigenvalue weighted by Gasteiger charge is -2.17. The molecule has 0 fully saturated rings. The summed E-state index contributed by atoms with van der Waals surface area (Å²) < 4.78 is 27.1. The third-order valence-electron chi connectivity index (χ3n) is 2.66. The van der Waals surface area contributed by atoms with Gasteiger partial charge in [-0.25, -0.2) is 17.9 Å². The smallest absolute Gasteiger partial charge is 0.326 e. The molecular weight excluding hydrogens is 300 g/mol. The zero-order valence-corrected chi connectivity index (χ0v) is 12.7. The van der Waals surface area contributed by atoms with Crippen LogP contribution >= 0.6 is 0 Å². The average molecular weight is 318 g/mol. The van der Waals surface area contributed by atoms with Gasteiger partial charge in [-0.1, -0.05) is 13.8 Å². The third-order valence-corrected chi connectivity index (χ3v) is 4.02. The molecule has 0 aliphatic rings. The van der Waals surface area contributed by atoms with Crippen molar-refractivity contribution in [2.75, 3.05) is 6.54 Å². The van der Waals surface area contributed by atoms with Gasteiger partial charge in [0.15, 0.2) is 0 Å². The van der Waals surface area contributed by atoms with E-state index in [-0.39, 0.29) is 10.8 Å². The van der Waals surface area contributed by atoms with E-state index in [0.29, 0.717) is 0 Å². The number of carboxylic acid groups (broad SMARTS) is 1. The van der Waals surface area contributed by atoms with Gasteiger partial charge in [-0.3, -0.25) is 9.48 Å². The maximum atomic E-state index is 11.8. The van der Waals surface area contributed by atoms with E-state index in [1.807, 2.05) is 0 Å². The summed E-state index contributed by atoms with van der Waals surface area (Å²) in [6, 6.07) is -1.07. The summed E-state index contributed by atoms with van der Waals surface area (Å²) in [4.78, 5) is 22.5. The molecule has 1 heterocycles. The zero-order chi connectivity index (χ0) is 16.2. The molecule has 1 atom stereocenters. The number of aromatic nitrogens is 2. The van der Waals surface area contributed by atoms with Crippen molar-refractivity contribution in [1.82, 2.24) is 19.8 Å². The molecule has 118 valence electrons. The molecule has 1 aromatic heterocycles. The Labute approximate surface area is 122 Å². The molecule has 3 N–H and O–H groups in total. The van der Waals surface area contributed by atoms with Crippen molar-refractivity contribution >= 4 is 21.9 Å². The molecule has 21 heavy (non-hydrogen) atoms. The fraction of sp³-hybridized carbons (Fsp3) is 0.545. The van der Waals surface area contributed by atoms with Crippen molar-refractivity contribution in [1.29, 1.82) is 0 Å². The van der Waals surface area contributed by atoms with Crippen LogP contribution in [0.4, 0.5) is 0 Å². The minimum absolute atomic E-state index is 0.0727. The highest BCUT2D eigenvalue weighted by molar-refractivity contribution is 7.89. The maximum Gasteiger partial charge on any atom is 0.326 e. The summed E-state index contributed by atoms with van der Waals surface area (Å²) in [6.07, 6.45) is 2.43. The van der Waals surface area contributed by atoms with Crippen LogP contribution in [0.5, 0.6) is 0 Å². The summed E-state index contributed by atoms with van der Waals surface area (Å²) in [5.41, 5.74) is 0. The molecule has 0 aromatic carbocycles. The molecule has 0 spiro atoms. The second-order valence-corrected chi connectivity index (χ2v) is 6.57. The number of aryl methyl sites for hydroxylation is 1. The molecule has 0 saturated heterocycles. The Morgan fingerprint density at radius 1 is 1.43 bits per heavy atom. The molecule has 9 nitrogen and oxygen atoms in total. The number of rotatable bonds is 7. The second kappa shape index (κ2) is 6.68. The lowest BCUT2D eigenvalue weighted by atomic mass is 10.1. The number of aliphatic carboxylic acids is 1. The maximum absolute atomic E-state index is 11.8. The summed E-state index contributed by atoms with van der Waals surface area (Å²) in [5.74, 6) is -2.21. The van der Waals surface area contributed by atoms with E-state index in [0.717, 1.165) is 6.20 Å². The third kappa shape index (κ3) is 4.83. The SMILES string of the molecule is CC(C)[C@H](NC(=O)CNS(=O)(=O)c1cnn(C)c1)C(=O)O. The first-order valence-electron chi connectivity index (χ1n) is 6.14. The molecular formula is C11H18N4O5S. The molecule has 1 rings (SSSR count). The van der Waals surface area contributed by atoms with Crippen molar-refractivity contribution in [3.63, 3.8) is 0 Å². The zero-order valence-electron chi connectivity index (χ0n) is 11.9. The van der Waals surface area contributed by atoms with Gasteiger partial charge in [0.1, 0.15) is 10.9 Å². The molecule has 0 aliphatic carbocycles. The first-order chi connectivity index (χ1) is 9.63. The van der Waals surface area contributed by atoms with Crippen LogP contribution in [-0.4, -0.2) is 47.8 Å². The van der Waals surface area contributed by atoms with Gasteiger partial charge in [-0.05, 0) is 5.92 Å². The first-order valence-corrected chi connectivity index (χ1v) is 7.62. The highest BCUT2D eigenvalue weighted by Crippen LogP contribution is 2.05. The summed E-state index contributed by atoms with van der Waals surface area (Å²) >= 11 is 0.